The number of nitrogens with two attached hydrogens (primary N) is 1. The lowest BCUT2D eigenvalue weighted by Gasteiger charge is -2.10. The van der Waals surface area contributed by atoms with Crippen LogP contribution in [0.1, 0.15) is 24.0 Å². The molecule has 0 bridgehead atoms. The van der Waals surface area contributed by atoms with Crippen molar-refractivity contribution < 1.29 is 17.5 Å². The fourth-order valence-electron chi connectivity index (χ4n) is 1.77. The molecule has 114 valence electrons. The summed E-state index contributed by atoms with van der Waals surface area (Å²) in [5.74, 6) is -0.452. The third-order valence-electron chi connectivity index (χ3n) is 2.90. The zero-order valence-corrected chi connectivity index (χ0v) is 12.6. The Balaban J connectivity index is 2.80. The molecule has 1 aromatic carbocycles. The monoisotopic (exact) mass is 304 g/mol. The standard InChI is InChI=1S/C13H21FN2O3S/c1-10-7-12(8-11(9-15)13(10)14)20(17,18)16-5-3-4-6-19-2/h7-8,16H,3-6,9,15H2,1-2H3. The van der Waals surface area contributed by atoms with Crippen molar-refractivity contribution in [2.45, 2.75) is 31.2 Å². The first-order valence-corrected chi connectivity index (χ1v) is 7.88. The Labute approximate surface area is 119 Å². The molecule has 0 unspecified atom stereocenters. The normalized spacial score (nSPS) is 11.8. The van der Waals surface area contributed by atoms with E-state index in [9.17, 15) is 12.8 Å². The van der Waals surface area contributed by atoms with Crippen LogP contribution in [0.3, 0.4) is 0 Å². The molecule has 20 heavy (non-hydrogen) atoms. The molecule has 5 nitrogen and oxygen atoms in total. The Kier molecular flexibility index (Phi) is 6.54. The fourth-order valence-corrected chi connectivity index (χ4v) is 2.98. The van der Waals surface area contributed by atoms with Crippen LogP contribution in [-0.2, 0) is 21.3 Å². The third kappa shape index (κ3) is 4.52. The molecule has 1 rings (SSSR count). The first-order valence-electron chi connectivity index (χ1n) is 6.40. The number of methoxy groups -OCH3 is 1. The predicted molar refractivity (Wildman–Crippen MR) is 75.3 cm³/mol. The first-order chi connectivity index (χ1) is 9.42. The highest BCUT2D eigenvalue weighted by molar-refractivity contribution is 7.89. The zero-order chi connectivity index (χ0) is 15.2. The van der Waals surface area contributed by atoms with Crippen LogP contribution in [0.2, 0.25) is 0 Å². The number of benzene rings is 1. The van der Waals surface area contributed by atoms with Crippen molar-refractivity contribution in [3.8, 4) is 0 Å². The van der Waals surface area contributed by atoms with Gasteiger partial charge in [-0.2, -0.15) is 0 Å². The van der Waals surface area contributed by atoms with Gasteiger partial charge in [0.2, 0.25) is 10.0 Å². The summed E-state index contributed by atoms with van der Waals surface area (Å²) in [4.78, 5) is 0.0450. The summed E-state index contributed by atoms with van der Waals surface area (Å²) in [7, 11) is -2.04. The Bertz CT molecular complexity index is 547. The molecule has 0 atom stereocenters. The maximum Gasteiger partial charge on any atom is 0.240 e. The van der Waals surface area contributed by atoms with Gasteiger partial charge in [0.05, 0.1) is 4.90 Å². The van der Waals surface area contributed by atoms with Gasteiger partial charge >= 0.3 is 0 Å². The van der Waals surface area contributed by atoms with Crippen molar-refractivity contribution in [1.82, 2.24) is 4.72 Å². The van der Waals surface area contributed by atoms with E-state index in [1.165, 1.54) is 19.1 Å². The first kappa shape index (κ1) is 17.0. The lowest BCUT2D eigenvalue weighted by molar-refractivity contribution is 0.193. The van der Waals surface area contributed by atoms with Crippen LogP contribution in [-0.4, -0.2) is 28.7 Å². The van der Waals surface area contributed by atoms with Crippen molar-refractivity contribution in [2.75, 3.05) is 20.3 Å². The molecule has 0 spiro atoms. The molecule has 1 aromatic rings. The fraction of sp³-hybridized carbons (Fsp3) is 0.538. The van der Waals surface area contributed by atoms with Gasteiger partial charge in [0.15, 0.2) is 0 Å². The summed E-state index contributed by atoms with van der Waals surface area (Å²) in [6.07, 6.45) is 1.45. The smallest absolute Gasteiger partial charge is 0.240 e. The molecule has 0 aliphatic rings. The van der Waals surface area contributed by atoms with E-state index in [4.69, 9.17) is 10.5 Å². The molecule has 7 heteroatoms. The maximum absolute atomic E-state index is 13.7. The number of ether oxygens (including phenoxy) is 1. The van der Waals surface area contributed by atoms with E-state index in [-0.39, 0.29) is 22.6 Å². The van der Waals surface area contributed by atoms with Crippen LogP contribution < -0.4 is 10.5 Å². The van der Waals surface area contributed by atoms with E-state index in [1.54, 1.807) is 7.11 Å². The van der Waals surface area contributed by atoms with E-state index in [0.717, 1.165) is 6.42 Å². The number of hydrogen-bond donors (Lipinski definition) is 2. The highest BCUT2D eigenvalue weighted by Gasteiger charge is 2.17. The van der Waals surface area contributed by atoms with Crippen molar-refractivity contribution in [2.24, 2.45) is 5.73 Å². The van der Waals surface area contributed by atoms with Crippen molar-refractivity contribution in [3.05, 3.63) is 29.1 Å². The second-order valence-corrected chi connectivity index (χ2v) is 6.28. The summed E-state index contributed by atoms with van der Waals surface area (Å²) >= 11 is 0. The summed E-state index contributed by atoms with van der Waals surface area (Å²) in [6.45, 7) is 2.39. The molecule has 0 radical (unpaired) electrons. The minimum absolute atomic E-state index is 0.0378. The van der Waals surface area contributed by atoms with Crippen LogP contribution >= 0.6 is 0 Å². The van der Waals surface area contributed by atoms with Crippen LogP contribution in [0, 0.1) is 12.7 Å². The largest absolute Gasteiger partial charge is 0.385 e. The third-order valence-corrected chi connectivity index (χ3v) is 4.34. The molecule has 0 saturated heterocycles. The SMILES string of the molecule is COCCCCNS(=O)(=O)c1cc(C)c(F)c(CN)c1. The van der Waals surface area contributed by atoms with Crippen LogP contribution in [0.15, 0.2) is 17.0 Å². The molecule has 0 heterocycles. The van der Waals surface area contributed by atoms with Gasteiger partial charge in [0.1, 0.15) is 5.82 Å². The molecule has 3 N–H and O–H groups in total. The number of sulfonamides is 1. The van der Waals surface area contributed by atoms with Gasteiger partial charge in [-0.05, 0) is 37.5 Å². The van der Waals surface area contributed by atoms with Gasteiger partial charge in [0.25, 0.3) is 0 Å². The molecule has 0 amide bonds. The molecular weight excluding hydrogens is 283 g/mol. The summed E-state index contributed by atoms with van der Waals surface area (Å²) in [6, 6.07) is 2.59. The topological polar surface area (TPSA) is 81.4 Å². The second-order valence-electron chi connectivity index (χ2n) is 4.52. The highest BCUT2D eigenvalue weighted by atomic mass is 32.2. The minimum atomic E-state index is -3.63. The summed E-state index contributed by atoms with van der Waals surface area (Å²) in [5, 5.41) is 0. The number of rotatable bonds is 8. The number of nitrogens with one attached hydrogen (secondary N) is 1. The van der Waals surface area contributed by atoms with E-state index in [2.05, 4.69) is 4.72 Å². The highest BCUT2D eigenvalue weighted by Crippen LogP contribution is 2.18. The van der Waals surface area contributed by atoms with E-state index in [1.807, 2.05) is 0 Å². The van der Waals surface area contributed by atoms with E-state index >= 15 is 0 Å². The number of halogens is 1. The average Bonchev–Trinajstić information content (AvgIpc) is 2.41. The number of unbranched alkanes of at least 4 members (excludes halogenated alkanes) is 1. The predicted octanol–water partition coefficient (Wildman–Crippen LogP) is 1.30. The molecule has 0 aliphatic carbocycles. The van der Waals surface area contributed by atoms with Gasteiger partial charge in [-0.15, -0.1) is 0 Å². The number of hydrogen-bond acceptors (Lipinski definition) is 4. The van der Waals surface area contributed by atoms with Gasteiger partial charge in [0, 0.05) is 32.4 Å². The average molecular weight is 304 g/mol. The second kappa shape index (κ2) is 7.68. The molecule has 0 aromatic heterocycles. The van der Waals surface area contributed by atoms with E-state index in [0.29, 0.717) is 19.6 Å². The Morgan fingerprint density at radius 2 is 2.05 bits per heavy atom. The summed E-state index contributed by atoms with van der Waals surface area (Å²) in [5.41, 5.74) is 5.89. The Morgan fingerprint density at radius 1 is 1.35 bits per heavy atom. The van der Waals surface area contributed by atoms with Gasteiger partial charge in [-0.3, -0.25) is 0 Å². The maximum atomic E-state index is 13.7. The zero-order valence-electron chi connectivity index (χ0n) is 11.8. The van der Waals surface area contributed by atoms with Gasteiger partial charge in [-0.1, -0.05) is 0 Å². The Morgan fingerprint density at radius 3 is 2.65 bits per heavy atom. The van der Waals surface area contributed by atoms with Crippen LogP contribution in [0.5, 0.6) is 0 Å². The lowest BCUT2D eigenvalue weighted by atomic mass is 10.1. The number of aryl methyl sites for hydroxylation is 1. The van der Waals surface area contributed by atoms with Crippen molar-refractivity contribution in [1.29, 1.82) is 0 Å². The van der Waals surface area contributed by atoms with Crippen LogP contribution in [0.4, 0.5) is 4.39 Å². The van der Waals surface area contributed by atoms with Crippen molar-refractivity contribution in [3.63, 3.8) is 0 Å². The van der Waals surface area contributed by atoms with Crippen LogP contribution in [0.25, 0.3) is 0 Å². The van der Waals surface area contributed by atoms with E-state index < -0.39 is 15.8 Å². The minimum Gasteiger partial charge on any atom is -0.385 e. The molecule has 0 aliphatic heterocycles. The van der Waals surface area contributed by atoms with Crippen molar-refractivity contribution >= 4 is 10.0 Å². The molecule has 0 fully saturated rings. The summed E-state index contributed by atoms with van der Waals surface area (Å²) < 4.78 is 45.2. The molecular formula is C13H21FN2O3S. The molecule has 0 saturated carbocycles. The Hall–Kier alpha value is -1.02. The quantitative estimate of drug-likeness (QED) is 0.709. The van der Waals surface area contributed by atoms with Gasteiger partial charge < -0.3 is 10.5 Å². The van der Waals surface area contributed by atoms with Gasteiger partial charge in [-0.25, -0.2) is 17.5 Å². The lowest BCUT2D eigenvalue weighted by Crippen LogP contribution is -2.25.